The summed E-state index contributed by atoms with van der Waals surface area (Å²) in [4.78, 5) is 18.2. The number of anilines is 2. The van der Waals surface area contributed by atoms with Gasteiger partial charge in [-0.15, -0.1) is 12.4 Å². The Kier molecular flexibility index (Phi) is 5.06. The van der Waals surface area contributed by atoms with Crippen molar-refractivity contribution in [2.45, 2.75) is 20.8 Å². The first-order valence-electron chi connectivity index (χ1n) is 7.33. The Labute approximate surface area is 142 Å². The number of halogens is 1. The van der Waals surface area contributed by atoms with Crippen molar-refractivity contribution in [2.75, 3.05) is 16.8 Å². The summed E-state index contributed by atoms with van der Waals surface area (Å²) < 4.78 is 0. The summed E-state index contributed by atoms with van der Waals surface area (Å²) in [6.45, 7) is 6.33. The van der Waals surface area contributed by atoms with Crippen LogP contribution in [0.2, 0.25) is 0 Å². The molecule has 0 saturated heterocycles. The van der Waals surface area contributed by atoms with Gasteiger partial charge in [-0.1, -0.05) is 24.3 Å². The van der Waals surface area contributed by atoms with Crippen molar-refractivity contribution >= 4 is 35.6 Å². The van der Waals surface area contributed by atoms with E-state index >= 15 is 0 Å². The maximum Gasteiger partial charge on any atom is 0.255 e. The van der Waals surface area contributed by atoms with Crippen LogP contribution >= 0.6 is 12.4 Å². The molecule has 1 aliphatic heterocycles. The van der Waals surface area contributed by atoms with Gasteiger partial charge in [-0.25, -0.2) is 9.89 Å². The number of nitrogens with zero attached hydrogens (tertiary/aromatic N) is 2. The van der Waals surface area contributed by atoms with E-state index in [-0.39, 0.29) is 24.9 Å². The number of hydrogen-bond acceptors (Lipinski definition) is 3. The van der Waals surface area contributed by atoms with E-state index in [2.05, 4.69) is 30.2 Å². The minimum atomic E-state index is -0.0154. The highest BCUT2D eigenvalue weighted by Crippen LogP contribution is 2.23. The number of aryl methyl sites for hydroxylation is 2. The summed E-state index contributed by atoms with van der Waals surface area (Å²) in [6.07, 6.45) is 0. The van der Waals surface area contributed by atoms with Gasteiger partial charge in [0.1, 0.15) is 6.54 Å². The van der Waals surface area contributed by atoms with Crippen LogP contribution in [0.5, 0.6) is 0 Å². The number of benzene rings is 2. The number of hydrogen-bond donors (Lipinski definition) is 1. The van der Waals surface area contributed by atoms with Gasteiger partial charge in [0.25, 0.3) is 5.91 Å². The maximum atomic E-state index is 12.2. The number of carbonyl (C=O) groups excluding carboxylic acids is 1. The lowest BCUT2D eigenvalue weighted by molar-refractivity contribution is -0.115. The van der Waals surface area contributed by atoms with Gasteiger partial charge >= 0.3 is 0 Å². The second kappa shape index (κ2) is 6.84. The highest BCUT2D eigenvalue weighted by Gasteiger charge is 2.27. The molecule has 5 heteroatoms. The zero-order valence-electron chi connectivity index (χ0n) is 13.5. The first-order valence-corrected chi connectivity index (χ1v) is 7.33. The topological polar surface area (TPSA) is 44.7 Å². The van der Waals surface area contributed by atoms with Crippen molar-refractivity contribution in [3.8, 4) is 0 Å². The summed E-state index contributed by atoms with van der Waals surface area (Å²) in [5.74, 6) is 0.572. The molecule has 0 radical (unpaired) electrons. The molecule has 0 aromatic heterocycles. The van der Waals surface area contributed by atoms with E-state index in [0.717, 1.165) is 22.5 Å². The third-order valence-corrected chi connectivity index (χ3v) is 3.94. The molecule has 0 atom stereocenters. The molecule has 0 saturated carbocycles. The number of aliphatic imine (C=N–C) groups is 1. The molecule has 0 bridgehead atoms. The molecule has 120 valence electrons. The Morgan fingerprint density at radius 1 is 1.09 bits per heavy atom. The van der Waals surface area contributed by atoms with Crippen molar-refractivity contribution < 1.29 is 4.79 Å². The number of nitrogens with one attached hydrogen (secondary N) is 1. The van der Waals surface area contributed by atoms with Crippen LogP contribution in [0.25, 0.3) is 0 Å². The van der Waals surface area contributed by atoms with Crippen LogP contribution in [0.15, 0.2) is 47.5 Å². The zero-order valence-corrected chi connectivity index (χ0v) is 14.3. The third kappa shape index (κ3) is 3.37. The van der Waals surface area contributed by atoms with Crippen molar-refractivity contribution in [2.24, 2.45) is 4.99 Å². The number of carbonyl (C=O) groups is 1. The van der Waals surface area contributed by atoms with Crippen LogP contribution in [0.3, 0.4) is 0 Å². The van der Waals surface area contributed by atoms with Gasteiger partial charge in [0.15, 0.2) is 0 Å². The standard InChI is InChI=1S/C18H19N3O.ClH/c1-12-6-4-8-15(10-12)21-17(22)11-19-18(21)20-16-9-5-7-13(2)14(16)3;/h4-10H,11H2,1-3H3,(H,19,20);1H. The molecule has 23 heavy (non-hydrogen) atoms. The number of rotatable bonds is 2. The van der Waals surface area contributed by atoms with Crippen molar-refractivity contribution in [1.29, 1.82) is 0 Å². The predicted molar refractivity (Wildman–Crippen MR) is 97.8 cm³/mol. The summed E-state index contributed by atoms with van der Waals surface area (Å²) in [7, 11) is 0. The summed E-state index contributed by atoms with van der Waals surface area (Å²) in [5.41, 5.74) is 5.30. The van der Waals surface area contributed by atoms with Gasteiger partial charge in [-0.05, 0) is 55.7 Å². The van der Waals surface area contributed by atoms with Crippen LogP contribution in [-0.4, -0.2) is 18.4 Å². The number of amides is 1. The monoisotopic (exact) mass is 329 g/mol. The van der Waals surface area contributed by atoms with Gasteiger partial charge in [0.2, 0.25) is 5.96 Å². The highest BCUT2D eigenvalue weighted by molar-refractivity contribution is 6.24. The minimum Gasteiger partial charge on any atom is -0.325 e. The molecule has 4 nitrogen and oxygen atoms in total. The second-order valence-electron chi connectivity index (χ2n) is 5.58. The van der Waals surface area contributed by atoms with Crippen molar-refractivity contribution in [1.82, 2.24) is 0 Å². The second-order valence-corrected chi connectivity index (χ2v) is 5.58. The van der Waals surface area contributed by atoms with Crippen LogP contribution in [-0.2, 0) is 4.79 Å². The first kappa shape index (κ1) is 17.0. The molecule has 1 aliphatic rings. The SMILES string of the molecule is Cc1cccc(N2C(=O)CN=C2Nc2cccc(C)c2C)c1.Cl. The molecule has 0 fully saturated rings. The van der Waals surface area contributed by atoms with Crippen LogP contribution in [0.4, 0.5) is 11.4 Å². The van der Waals surface area contributed by atoms with Crippen LogP contribution < -0.4 is 10.2 Å². The molecule has 2 aromatic carbocycles. The molecule has 0 aliphatic carbocycles. The molecule has 2 aromatic rings. The van der Waals surface area contributed by atoms with Gasteiger partial charge in [0.05, 0.1) is 5.69 Å². The van der Waals surface area contributed by atoms with Crippen LogP contribution in [0, 0.1) is 20.8 Å². The Balaban J connectivity index is 0.00000192. The molecular formula is C18H20ClN3O. The quantitative estimate of drug-likeness (QED) is 0.909. The van der Waals surface area contributed by atoms with Gasteiger partial charge < -0.3 is 5.32 Å². The first-order chi connectivity index (χ1) is 10.6. The fourth-order valence-electron chi connectivity index (χ4n) is 2.54. The van der Waals surface area contributed by atoms with E-state index in [0.29, 0.717) is 5.96 Å². The normalized spacial score (nSPS) is 13.6. The molecule has 0 spiro atoms. The fraction of sp³-hybridized carbons (Fsp3) is 0.222. The smallest absolute Gasteiger partial charge is 0.255 e. The summed E-state index contributed by atoms with van der Waals surface area (Å²) in [6, 6.07) is 14.0. The molecule has 0 unspecified atom stereocenters. The van der Waals surface area contributed by atoms with E-state index < -0.39 is 0 Å². The molecule has 3 rings (SSSR count). The molecular weight excluding hydrogens is 310 g/mol. The van der Waals surface area contributed by atoms with E-state index in [1.807, 2.05) is 43.3 Å². The molecule has 1 N–H and O–H groups in total. The van der Waals surface area contributed by atoms with Gasteiger partial charge in [0, 0.05) is 5.69 Å². The van der Waals surface area contributed by atoms with Crippen molar-refractivity contribution in [3.05, 3.63) is 59.2 Å². The highest BCUT2D eigenvalue weighted by atomic mass is 35.5. The Morgan fingerprint density at radius 2 is 1.83 bits per heavy atom. The lowest BCUT2D eigenvalue weighted by atomic mass is 10.1. The Morgan fingerprint density at radius 3 is 2.57 bits per heavy atom. The van der Waals surface area contributed by atoms with E-state index in [9.17, 15) is 4.79 Å². The Hall–Kier alpha value is -2.33. The van der Waals surface area contributed by atoms with E-state index in [4.69, 9.17) is 0 Å². The predicted octanol–water partition coefficient (Wildman–Crippen LogP) is 3.85. The lowest BCUT2D eigenvalue weighted by Crippen LogP contribution is -2.37. The van der Waals surface area contributed by atoms with Gasteiger partial charge in [-0.2, -0.15) is 0 Å². The van der Waals surface area contributed by atoms with Crippen molar-refractivity contribution in [3.63, 3.8) is 0 Å². The number of guanidine groups is 1. The minimum absolute atomic E-state index is 0. The van der Waals surface area contributed by atoms with Gasteiger partial charge in [-0.3, -0.25) is 4.79 Å². The van der Waals surface area contributed by atoms with E-state index in [1.165, 1.54) is 5.56 Å². The van der Waals surface area contributed by atoms with Crippen LogP contribution in [0.1, 0.15) is 16.7 Å². The zero-order chi connectivity index (χ0) is 15.7. The molecule has 1 amide bonds. The molecule has 1 heterocycles. The Bertz CT molecular complexity index is 771. The van der Waals surface area contributed by atoms with E-state index in [1.54, 1.807) is 4.90 Å². The average molecular weight is 330 g/mol. The lowest BCUT2D eigenvalue weighted by Gasteiger charge is -2.21. The average Bonchev–Trinajstić information content (AvgIpc) is 2.85. The fourth-order valence-corrected chi connectivity index (χ4v) is 2.54. The summed E-state index contributed by atoms with van der Waals surface area (Å²) in [5, 5.41) is 3.30. The summed E-state index contributed by atoms with van der Waals surface area (Å²) >= 11 is 0. The maximum absolute atomic E-state index is 12.2. The third-order valence-electron chi connectivity index (χ3n) is 3.94. The largest absolute Gasteiger partial charge is 0.325 e.